The molecule has 1 aliphatic heterocycles. The highest BCUT2D eigenvalue weighted by Crippen LogP contribution is 2.31. The minimum atomic E-state index is -4.55. The summed E-state index contributed by atoms with van der Waals surface area (Å²) in [5.41, 5.74) is 3.12. The Morgan fingerprint density at radius 1 is 1.10 bits per heavy atom. The zero-order valence-corrected chi connectivity index (χ0v) is 17.1. The standard InChI is InChI=1S/C21H18F3N3O3S/c1-31(28,29)16-9-10-19(25-12-16)27-20(11-18(26-27)21(22,23)24)30-13-15-7-4-6-14-5-2-3-8-17(14)15/h2-12,18,26H,13H2,1H3. The Hall–Kier alpha value is -3.11. The number of hydrogen-bond acceptors (Lipinski definition) is 6. The molecule has 0 amide bonds. The van der Waals surface area contributed by atoms with E-state index in [1.54, 1.807) is 0 Å². The van der Waals surface area contributed by atoms with Crippen molar-refractivity contribution in [2.45, 2.75) is 23.7 Å². The van der Waals surface area contributed by atoms with Crippen LogP contribution in [0.25, 0.3) is 10.8 Å². The van der Waals surface area contributed by atoms with Crippen molar-refractivity contribution in [3.63, 3.8) is 0 Å². The van der Waals surface area contributed by atoms with Crippen molar-refractivity contribution in [1.82, 2.24) is 10.4 Å². The van der Waals surface area contributed by atoms with Crippen LogP contribution in [0.2, 0.25) is 0 Å². The fourth-order valence-electron chi connectivity index (χ4n) is 3.21. The maximum absolute atomic E-state index is 13.3. The number of pyridine rings is 1. The molecular formula is C21H18F3N3O3S. The third kappa shape index (κ3) is 4.49. The molecule has 2 aromatic carbocycles. The number of ether oxygens (including phenoxy) is 1. The molecule has 0 aliphatic carbocycles. The lowest BCUT2D eigenvalue weighted by molar-refractivity contribution is -0.142. The predicted molar refractivity (Wildman–Crippen MR) is 110 cm³/mol. The van der Waals surface area contributed by atoms with Gasteiger partial charge in [-0.3, -0.25) is 0 Å². The SMILES string of the molecule is CS(=O)(=O)c1ccc(N2NC(C(F)(F)F)C=C2OCc2cccc3ccccc23)nc1. The number of aromatic nitrogens is 1. The molecule has 4 rings (SSSR count). The molecule has 1 N–H and O–H groups in total. The van der Waals surface area contributed by atoms with Crippen LogP contribution in [-0.4, -0.2) is 31.9 Å². The molecule has 2 heterocycles. The highest BCUT2D eigenvalue weighted by molar-refractivity contribution is 7.90. The first-order chi connectivity index (χ1) is 14.6. The summed E-state index contributed by atoms with van der Waals surface area (Å²) in [5.74, 6) is -0.00168. The lowest BCUT2D eigenvalue weighted by Crippen LogP contribution is -2.45. The molecule has 10 heteroatoms. The molecule has 162 valence electrons. The third-order valence-electron chi connectivity index (χ3n) is 4.78. The smallest absolute Gasteiger partial charge is 0.409 e. The van der Waals surface area contributed by atoms with Crippen molar-refractivity contribution >= 4 is 26.4 Å². The van der Waals surface area contributed by atoms with Crippen molar-refractivity contribution in [3.05, 3.63) is 78.3 Å². The number of fused-ring (bicyclic) bond motifs is 1. The van der Waals surface area contributed by atoms with Crippen LogP contribution in [0.15, 0.2) is 77.6 Å². The Balaban J connectivity index is 1.62. The average Bonchev–Trinajstić information content (AvgIpc) is 3.16. The first-order valence-corrected chi connectivity index (χ1v) is 11.1. The zero-order valence-electron chi connectivity index (χ0n) is 16.3. The molecular weight excluding hydrogens is 431 g/mol. The maximum Gasteiger partial charge on any atom is 0.409 e. The molecule has 0 radical (unpaired) electrons. The quantitative estimate of drug-likeness (QED) is 0.636. The van der Waals surface area contributed by atoms with Crippen molar-refractivity contribution in [3.8, 4) is 0 Å². The van der Waals surface area contributed by atoms with Crippen LogP contribution in [0, 0.1) is 0 Å². The Bertz CT molecular complexity index is 1240. The van der Waals surface area contributed by atoms with E-state index in [2.05, 4.69) is 10.4 Å². The topological polar surface area (TPSA) is 71.5 Å². The van der Waals surface area contributed by atoms with E-state index in [9.17, 15) is 21.6 Å². The molecule has 1 aliphatic rings. The van der Waals surface area contributed by atoms with E-state index in [4.69, 9.17) is 4.74 Å². The van der Waals surface area contributed by atoms with E-state index in [0.29, 0.717) is 0 Å². The second-order valence-electron chi connectivity index (χ2n) is 7.04. The van der Waals surface area contributed by atoms with E-state index < -0.39 is 22.1 Å². The molecule has 1 atom stereocenters. The van der Waals surface area contributed by atoms with E-state index in [1.807, 2.05) is 42.5 Å². The van der Waals surface area contributed by atoms with E-state index in [0.717, 1.165) is 39.9 Å². The van der Waals surface area contributed by atoms with Crippen LogP contribution < -0.4 is 10.4 Å². The summed E-state index contributed by atoms with van der Waals surface area (Å²) >= 11 is 0. The monoisotopic (exact) mass is 449 g/mol. The second-order valence-corrected chi connectivity index (χ2v) is 9.06. The van der Waals surface area contributed by atoms with Gasteiger partial charge in [0.25, 0.3) is 0 Å². The third-order valence-corrected chi connectivity index (χ3v) is 5.88. The fraction of sp³-hybridized carbons (Fsp3) is 0.190. The minimum absolute atomic E-state index is 0.0370. The first-order valence-electron chi connectivity index (χ1n) is 9.23. The van der Waals surface area contributed by atoms with Gasteiger partial charge in [-0.25, -0.2) is 23.8 Å². The van der Waals surface area contributed by atoms with Gasteiger partial charge in [-0.05, 0) is 28.5 Å². The van der Waals surface area contributed by atoms with Gasteiger partial charge < -0.3 is 4.74 Å². The van der Waals surface area contributed by atoms with Crippen LogP contribution in [0.1, 0.15) is 5.56 Å². The van der Waals surface area contributed by atoms with E-state index in [1.165, 1.54) is 12.1 Å². The maximum atomic E-state index is 13.3. The van der Waals surface area contributed by atoms with E-state index >= 15 is 0 Å². The summed E-state index contributed by atoms with van der Waals surface area (Å²) in [6, 6.07) is 13.9. The number of hydrogen-bond donors (Lipinski definition) is 1. The fourth-order valence-corrected chi connectivity index (χ4v) is 3.77. The molecule has 0 spiro atoms. The number of sulfone groups is 1. The van der Waals surface area contributed by atoms with Crippen molar-refractivity contribution in [1.29, 1.82) is 0 Å². The Morgan fingerprint density at radius 2 is 1.84 bits per heavy atom. The van der Waals surface area contributed by atoms with Crippen molar-refractivity contribution in [2.75, 3.05) is 11.3 Å². The summed E-state index contributed by atoms with van der Waals surface area (Å²) in [4.78, 5) is 3.96. The number of anilines is 1. The summed E-state index contributed by atoms with van der Waals surface area (Å²) in [6.07, 6.45) is -1.50. The minimum Gasteiger partial charge on any atom is -0.473 e. The summed E-state index contributed by atoms with van der Waals surface area (Å²) in [6.45, 7) is 0.0391. The van der Waals surface area contributed by atoms with Gasteiger partial charge in [0.15, 0.2) is 9.84 Å². The zero-order chi connectivity index (χ0) is 22.2. The predicted octanol–water partition coefficient (Wildman–Crippen LogP) is 3.95. The molecule has 6 nitrogen and oxygen atoms in total. The van der Waals surface area contributed by atoms with Gasteiger partial charge in [-0.15, -0.1) is 0 Å². The summed E-state index contributed by atoms with van der Waals surface area (Å²) in [5, 5.41) is 2.99. The van der Waals surface area contributed by atoms with Crippen LogP contribution in [-0.2, 0) is 21.2 Å². The number of nitrogens with zero attached hydrogens (tertiary/aromatic N) is 2. The number of alkyl halides is 3. The lowest BCUT2D eigenvalue weighted by atomic mass is 10.1. The number of halogens is 3. The van der Waals surface area contributed by atoms with Crippen LogP contribution >= 0.6 is 0 Å². The molecule has 0 saturated heterocycles. The van der Waals surface area contributed by atoms with Gasteiger partial charge in [-0.2, -0.15) is 13.2 Å². The Morgan fingerprint density at radius 3 is 2.52 bits per heavy atom. The lowest BCUT2D eigenvalue weighted by Gasteiger charge is -2.23. The highest BCUT2D eigenvalue weighted by atomic mass is 32.2. The van der Waals surface area contributed by atoms with Crippen molar-refractivity contribution in [2.24, 2.45) is 0 Å². The second kappa shape index (κ2) is 7.86. The van der Waals surface area contributed by atoms with Crippen molar-refractivity contribution < 1.29 is 26.3 Å². The highest BCUT2D eigenvalue weighted by Gasteiger charge is 2.44. The largest absolute Gasteiger partial charge is 0.473 e. The normalized spacial score (nSPS) is 17.1. The molecule has 3 aromatic rings. The molecule has 1 aromatic heterocycles. The number of hydrazine groups is 1. The average molecular weight is 449 g/mol. The number of benzene rings is 2. The van der Waals surface area contributed by atoms with Gasteiger partial charge in [-0.1, -0.05) is 42.5 Å². The number of rotatable bonds is 5. The first kappa shape index (κ1) is 21.1. The van der Waals surface area contributed by atoms with Gasteiger partial charge in [0, 0.05) is 18.5 Å². The number of nitrogens with one attached hydrogen (secondary N) is 1. The van der Waals surface area contributed by atoms with Crippen LogP contribution in [0.3, 0.4) is 0 Å². The Labute approximate surface area is 176 Å². The Kier molecular flexibility index (Phi) is 5.36. The van der Waals surface area contributed by atoms with Gasteiger partial charge in [0.05, 0.1) is 4.90 Å². The van der Waals surface area contributed by atoms with Gasteiger partial charge >= 0.3 is 6.18 Å². The van der Waals surface area contributed by atoms with Gasteiger partial charge in [0.2, 0.25) is 5.88 Å². The van der Waals surface area contributed by atoms with Gasteiger partial charge in [0.1, 0.15) is 18.5 Å². The van der Waals surface area contributed by atoms with E-state index in [-0.39, 0.29) is 23.2 Å². The molecule has 31 heavy (non-hydrogen) atoms. The summed E-state index contributed by atoms with van der Waals surface area (Å²) < 4.78 is 69.0. The summed E-state index contributed by atoms with van der Waals surface area (Å²) in [7, 11) is -3.48. The molecule has 1 unspecified atom stereocenters. The molecule has 0 fully saturated rings. The van der Waals surface area contributed by atoms with Crippen LogP contribution in [0.5, 0.6) is 0 Å². The molecule has 0 bridgehead atoms. The molecule has 0 saturated carbocycles. The van der Waals surface area contributed by atoms with Crippen LogP contribution in [0.4, 0.5) is 19.0 Å².